The zero-order valence-electron chi connectivity index (χ0n) is 36.8. The highest BCUT2D eigenvalue weighted by atomic mass is 79.9. The second-order valence-corrected chi connectivity index (χ2v) is 22.1. The van der Waals surface area contributed by atoms with Crippen LogP contribution in [-0.4, -0.2) is 71.7 Å². The van der Waals surface area contributed by atoms with E-state index in [1.54, 1.807) is 0 Å². The highest BCUT2D eigenvalue weighted by molar-refractivity contribution is 9.25. The Bertz CT molecular complexity index is 981. The van der Waals surface area contributed by atoms with E-state index in [4.69, 9.17) is 18.5 Å². The lowest BCUT2D eigenvalue weighted by Crippen LogP contribution is -2.44. The lowest BCUT2D eigenvalue weighted by Gasteiger charge is -2.32. The van der Waals surface area contributed by atoms with E-state index in [0.29, 0.717) is 17.4 Å². The van der Waals surface area contributed by atoms with Crippen molar-refractivity contribution in [3.8, 4) is 0 Å². The van der Waals surface area contributed by atoms with Gasteiger partial charge in [0, 0.05) is 12.8 Å². The lowest BCUT2D eigenvalue weighted by atomic mass is 10.0. The van der Waals surface area contributed by atoms with E-state index >= 15 is 0 Å². The van der Waals surface area contributed by atoms with Crippen LogP contribution in [0.3, 0.4) is 0 Å². The van der Waals surface area contributed by atoms with Gasteiger partial charge in [-0.1, -0.05) is 194 Å². The summed E-state index contributed by atoms with van der Waals surface area (Å²) in [6, 6.07) is 0. The highest BCUT2D eigenvalue weighted by Gasteiger charge is 2.40. The van der Waals surface area contributed by atoms with E-state index in [2.05, 4.69) is 45.7 Å². The maximum absolute atomic E-state index is 12.8. The van der Waals surface area contributed by atoms with Crippen LogP contribution in [0.15, 0.2) is 0 Å². The van der Waals surface area contributed by atoms with Crippen LogP contribution in [0, 0.1) is 0 Å². The van der Waals surface area contributed by atoms with Crippen molar-refractivity contribution in [1.82, 2.24) is 0 Å². The normalized spacial score (nSPS) is 13.8. The number of rotatable bonds is 42. The average molecular weight is 949 g/mol. The van der Waals surface area contributed by atoms with Crippen molar-refractivity contribution in [3.05, 3.63) is 0 Å². The van der Waals surface area contributed by atoms with Gasteiger partial charge in [-0.15, -0.1) is 0 Å². The molecule has 0 aromatic rings. The summed E-state index contributed by atoms with van der Waals surface area (Å²) >= 11 is 6.61. The van der Waals surface area contributed by atoms with Crippen molar-refractivity contribution in [3.63, 3.8) is 0 Å². The number of unbranched alkanes of at least 4 members (excludes halogenated alkanes) is 28. The molecule has 0 heterocycles. The Morgan fingerprint density at radius 2 is 0.875 bits per heavy atom. The maximum atomic E-state index is 12.8. The molecule has 0 saturated carbocycles. The molecule has 1 N–H and O–H groups in total. The average Bonchev–Trinajstić information content (AvgIpc) is 3.11. The van der Waals surface area contributed by atoms with Gasteiger partial charge < -0.3 is 18.9 Å². The van der Waals surface area contributed by atoms with Gasteiger partial charge in [-0.3, -0.25) is 18.6 Å². The number of nitrogens with zero attached hydrogens (tertiary/aromatic N) is 1. The van der Waals surface area contributed by atoms with E-state index < -0.39 is 29.9 Å². The monoisotopic (exact) mass is 946 g/mol. The van der Waals surface area contributed by atoms with Crippen LogP contribution < -0.4 is 0 Å². The Kier molecular flexibility index (Phi) is 36.8. The molecule has 56 heavy (non-hydrogen) atoms. The predicted octanol–water partition coefficient (Wildman–Crippen LogP) is 14.2. The number of carbonyl (C=O) groups excluding carboxylic acids is 2. The first-order valence-electron chi connectivity index (χ1n) is 22.9. The molecule has 1 unspecified atom stereocenters. The number of alkyl halides is 2. The number of likely N-dealkylation sites (N-methyl/N-ethyl adjacent to an activating group) is 1. The minimum atomic E-state index is -4.58. The quantitative estimate of drug-likeness (QED) is 0.0212. The van der Waals surface area contributed by atoms with Crippen molar-refractivity contribution < 1.29 is 42.1 Å². The fraction of sp³-hybridized carbons (Fsp3) is 0.955. The molecule has 0 fully saturated rings. The molecular formula is C44H87Br2NO8P+. The van der Waals surface area contributed by atoms with Crippen molar-refractivity contribution in [2.75, 3.05) is 40.9 Å². The number of quaternary nitrogens is 1. The van der Waals surface area contributed by atoms with Crippen LogP contribution in [0.1, 0.15) is 219 Å². The number of hydrogen-bond acceptors (Lipinski definition) is 7. The Morgan fingerprint density at radius 3 is 1.21 bits per heavy atom. The number of phosphoric ester groups is 1. The zero-order chi connectivity index (χ0) is 41.8. The molecule has 0 aliphatic heterocycles. The van der Waals surface area contributed by atoms with E-state index in [9.17, 15) is 19.0 Å². The van der Waals surface area contributed by atoms with Gasteiger partial charge in [0.15, 0.2) is 6.10 Å². The van der Waals surface area contributed by atoms with Gasteiger partial charge in [-0.2, -0.15) is 0 Å². The maximum Gasteiger partial charge on any atom is 0.474 e. The van der Waals surface area contributed by atoms with Crippen molar-refractivity contribution in [2.24, 2.45) is 0 Å². The summed E-state index contributed by atoms with van der Waals surface area (Å²) in [6.07, 6.45) is 36.8. The van der Waals surface area contributed by atoms with E-state index in [1.165, 1.54) is 154 Å². The number of ether oxygens (including phenoxy) is 2. The second-order valence-electron chi connectivity index (χ2n) is 17.1. The SMILES string of the molecule is CCCCCCCCCCCCCCCCCC(=O)OC[C@H](COP(=O)(O)OC(Br)(Br)C[N+](C)(C)C)OC(=O)CCCCCCCCCCCCCCCCC. The fourth-order valence-corrected chi connectivity index (χ4v) is 10.3. The van der Waals surface area contributed by atoms with Crippen molar-refractivity contribution in [1.29, 1.82) is 0 Å². The number of halogens is 2. The van der Waals surface area contributed by atoms with Gasteiger partial charge in [0.25, 0.3) is 0 Å². The van der Waals surface area contributed by atoms with Crippen molar-refractivity contribution >= 4 is 51.6 Å². The van der Waals surface area contributed by atoms with Gasteiger partial charge in [-0.05, 0) is 44.7 Å². The van der Waals surface area contributed by atoms with Crippen LogP contribution in [0.4, 0.5) is 0 Å². The van der Waals surface area contributed by atoms with Crippen LogP contribution in [0.25, 0.3) is 0 Å². The van der Waals surface area contributed by atoms with Crippen LogP contribution in [-0.2, 0) is 32.7 Å². The van der Waals surface area contributed by atoms with E-state index in [0.717, 1.165) is 32.1 Å². The molecule has 2 atom stereocenters. The lowest BCUT2D eigenvalue weighted by molar-refractivity contribution is -0.872. The molecule has 0 aromatic carbocycles. The van der Waals surface area contributed by atoms with Crippen molar-refractivity contribution in [2.45, 2.75) is 229 Å². The third-order valence-corrected chi connectivity index (χ3v) is 12.4. The summed E-state index contributed by atoms with van der Waals surface area (Å²) in [5.41, 5.74) is 0. The minimum Gasteiger partial charge on any atom is -0.462 e. The molecule has 0 spiro atoms. The molecule has 0 bridgehead atoms. The summed E-state index contributed by atoms with van der Waals surface area (Å²) in [7, 11) is 1.15. The molecule has 334 valence electrons. The number of phosphoric acid groups is 1. The molecule has 0 amide bonds. The van der Waals surface area contributed by atoms with Gasteiger partial charge in [0.2, 0.25) is 3.42 Å². The van der Waals surface area contributed by atoms with Gasteiger partial charge in [0.05, 0.1) is 27.7 Å². The molecule has 0 aliphatic carbocycles. The van der Waals surface area contributed by atoms with E-state index in [-0.39, 0.29) is 25.4 Å². The summed E-state index contributed by atoms with van der Waals surface area (Å²) in [5, 5.41) is 0. The fourth-order valence-electron chi connectivity index (χ4n) is 6.85. The zero-order valence-corrected chi connectivity index (χ0v) is 40.8. The third-order valence-electron chi connectivity index (χ3n) is 10.0. The largest absolute Gasteiger partial charge is 0.474 e. The number of esters is 2. The molecule has 0 radical (unpaired) electrons. The van der Waals surface area contributed by atoms with Gasteiger partial charge >= 0.3 is 19.8 Å². The molecular weight excluding hydrogens is 861 g/mol. The molecule has 12 heteroatoms. The first kappa shape index (κ1) is 56.0. The Hall–Kier alpha value is -0.0300. The summed E-state index contributed by atoms with van der Waals surface area (Å²) in [6.45, 7) is 4.11. The second kappa shape index (κ2) is 36.8. The predicted molar refractivity (Wildman–Crippen MR) is 240 cm³/mol. The first-order chi connectivity index (χ1) is 26.7. The standard InChI is InChI=1S/C44H86Br2NO8P/c1-6-8-10-12-14-16-18-20-22-24-26-28-30-32-34-36-42(48)52-38-41(39-53-56(50,51)55-44(45,46)40-47(3,4)5)54-43(49)37-35-33-31-29-27-25-23-21-19-17-15-13-11-9-7-2/h41H,6-40H2,1-5H3/p+1/t41-/m1/s1. The Morgan fingerprint density at radius 1 is 0.554 bits per heavy atom. The smallest absolute Gasteiger partial charge is 0.462 e. The summed E-state index contributed by atoms with van der Waals surface area (Å²) in [4.78, 5) is 35.8. The highest BCUT2D eigenvalue weighted by Crippen LogP contribution is 2.51. The molecule has 0 rings (SSSR count). The Labute approximate surface area is 361 Å². The van der Waals surface area contributed by atoms with Crippen LogP contribution in [0.2, 0.25) is 0 Å². The molecule has 0 aromatic heterocycles. The van der Waals surface area contributed by atoms with E-state index in [1.807, 2.05) is 21.1 Å². The third kappa shape index (κ3) is 40.7. The Balaban J connectivity index is 4.48. The summed E-state index contributed by atoms with van der Waals surface area (Å²) in [5.74, 6) is -0.824. The van der Waals surface area contributed by atoms with Crippen LogP contribution in [0.5, 0.6) is 0 Å². The van der Waals surface area contributed by atoms with Gasteiger partial charge in [-0.25, -0.2) is 4.57 Å². The summed E-state index contributed by atoms with van der Waals surface area (Å²) < 4.78 is 33.6. The topological polar surface area (TPSA) is 108 Å². The molecule has 9 nitrogen and oxygen atoms in total. The first-order valence-corrected chi connectivity index (χ1v) is 26.0. The molecule has 0 aliphatic rings. The van der Waals surface area contributed by atoms with Gasteiger partial charge in [0.1, 0.15) is 13.2 Å². The number of hydrogen-bond donors (Lipinski definition) is 1. The molecule has 0 saturated heterocycles. The van der Waals surface area contributed by atoms with Crippen LogP contribution >= 0.6 is 39.7 Å². The number of carbonyl (C=O) groups is 2. The minimum absolute atomic E-state index is 0.227.